The van der Waals surface area contributed by atoms with Gasteiger partial charge in [-0.05, 0) is 89.2 Å². The summed E-state index contributed by atoms with van der Waals surface area (Å²) in [6.07, 6.45) is 10.0. The number of fused-ring (bicyclic) bond motifs is 4. The van der Waals surface area contributed by atoms with E-state index in [2.05, 4.69) is 24.1 Å². The second kappa shape index (κ2) is 19.1. The summed E-state index contributed by atoms with van der Waals surface area (Å²) in [5.74, 6) is 1.67. The lowest BCUT2D eigenvalue weighted by molar-refractivity contribution is -0.154. The van der Waals surface area contributed by atoms with E-state index in [1.165, 1.54) is 17.8 Å². The van der Waals surface area contributed by atoms with Crippen molar-refractivity contribution in [1.82, 2.24) is 19.8 Å². The van der Waals surface area contributed by atoms with E-state index in [-0.39, 0.29) is 67.3 Å². The van der Waals surface area contributed by atoms with Crippen LogP contribution in [0.5, 0.6) is 11.5 Å². The van der Waals surface area contributed by atoms with Gasteiger partial charge in [-0.3, -0.25) is 24.1 Å². The molecule has 3 saturated carbocycles. The Labute approximate surface area is 375 Å². The number of morpholine rings is 1. The molecule has 3 aliphatic heterocycles. The third kappa shape index (κ3) is 10.4. The number of aromatic nitrogens is 2. The van der Waals surface area contributed by atoms with Crippen molar-refractivity contribution in [1.29, 1.82) is 0 Å². The number of hydrogen-bond acceptors (Lipinski definition) is 13. The van der Waals surface area contributed by atoms with Gasteiger partial charge in [-0.15, -0.1) is 11.3 Å². The van der Waals surface area contributed by atoms with Gasteiger partial charge in [-0.2, -0.15) is 0 Å². The molecule has 2 aromatic heterocycles. The molecule has 13 nitrogen and oxygen atoms in total. The summed E-state index contributed by atoms with van der Waals surface area (Å²) in [5.41, 5.74) is 1.36. The zero-order valence-corrected chi connectivity index (χ0v) is 38.1. The number of thiazole rings is 1. The van der Waals surface area contributed by atoms with E-state index in [0.29, 0.717) is 53.3 Å². The maximum Gasteiger partial charge on any atom is 0.306 e. The van der Waals surface area contributed by atoms with Crippen LogP contribution >= 0.6 is 11.3 Å². The molecule has 0 spiro atoms. The molecular weight excluding hydrogens is 819 g/mol. The number of benzene rings is 1. The number of nitrogens with one attached hydrogen (secondary N) is 1. The van der Waals surface area contributed by atoms with E-state index in [9.17, 15) is 19.2 Å². The van der Waals surface area contributed by atoms with Crippen LogP contribution in [0.2, 0.25) is 0 Å². The highest BCUT2D eigenvalue weighted by Crippen LogP contribution is 2.59. The predicted octanol–water partition coefficient (Wildman–Crippen LogP) is 7.88. The average molecular weight is 884 g/mol. The summed E-state index contributed by atoms with van der Waals surface area (Å²) in [6.45, 7) is 10.5. The van der Waals surface area contributed by atoms with Crippen molar-refractivity contribution in [2.24, 2.45) is 29.1 Å². The molecule has 9 rings (SSSR count). The normalized spacial score (nSPS) is 30.2. The molecular formula is C49H65N5O8S. The Hall–Kier alpha value is -4.14. The van der Waals surface area contributed by atoms with Gasteiger partial charge >= 0.3 is 5.97 Å². The maximum absolute atomic E-state index is 14.9. The SMILES string of the molecule is CC(=O)[C@]12CC(=O)[C@@H]3C[C@@H](Oc4cc(-c5csc(NC(C)C)n5)nc5cc(OCCN6CCOCC6)ccc45)CN3C(=O)[C@@H](CC(=O)OC3C[C@@H]4C[C@@H]4C3)CCCCCCC[C@@H]1C2. The molecule has 3 aromatic rings. The molecule has 3 aliphatic carbocycles. The number of amides is 1. The van der Waals surface area contributed by atoms with Gasteiger partial charge in [-0.25, -0.2) is 9.97 Å². The summed E-state index contributed by atoms with van der Waals surface area (Å²) in [5, 5.41) is 6.93. The number of nitrogens with zero attached hydrogens (tertiary/aromatic N) is 4. The molecule has 3 saturated heterocycles. The van der Waals surface area contributed by atoms with Gasteiger partial charge in [0.2, 0.25) is 5.91 Å². The Balaban J connectivity index is 0.993. The standard InChI is InChI=1S/C49H65N5O8S/c1-30(2)50-48-52-42(29-63-48)41-25-45(39-12-11-36(23-40(39)51-41)60-18-15-53-13-16-59-17-14-53)61-38-24-43-44(56)27-49(31(3)55)26-35(49)10-8-6-4-5-7-9-32(47(58)54(43)28-38)22-46(57)62-37-20-33-19-34(33)21-37/h11-12,23,25,29-30,32-35,37-38,43H,4-10,13-22,24,26-28H2,1-3H3,(H,50,52)/t32-,33-,34+,35-,37?,38-,43+,49+/m1/s1. The fourth-order valence-electron chi connectivity index (χ4n) is 10.9. The quantitative estimate of drug-likeness (QED) is 0.167. The van der Waals surface area contributed by atoms with E-state index >= 15 is 0 Å². The van der Waals surface area contributed by atoms with Crippen LogP contribution in [0.15, 0.2) is 29.6 Å². The number of hydrogen-bond donors (Lipinski definition) is 1. The predicted molar refractivity (Wildman–Crippen MR) is 241 cm³/mol. The molecule has 6 fully saturated rings. The number of esters is 1. The molecule has 340 valence electrons. The summed E-state index contributed by atoms with van der Waals surface area (Å²) in [7, 11) is 0. The van der Waals surface area contributed by atoms with E-state index < -0.39 is 23.5 Å². The minimum Gasteiger partial charge on any atom is -0.492 e. The van der Waals surface area contributed by atoms with Crippen LogP contribution < -0.4 is 14.8 Å². The van der Waals surface area contributed by atoms with Crippen LogP contribution in [0.4, 0.5) is 5.13 Å². The van der Waals surface area contributed by atoms with Gasteiger partial charge in [-0.1, -0.05) is 32.1 Å². The molecule has 0 bridgehead atoms. The van der Waals surface area contributed by atoms with E-state index in [0.717, 1.165) is 101 Å². The van der Waals surface area contributed by atoms with Crippen LogP contribution in [-0.4, -0.2) is 114 Å². The summed E-state index contributed by atoms with van der Waals surface area (Å²) >= 11 is 1.51. The fraction of sp³-hybridized carbons (Fsp3) is 0.673. The van der Waals surface area contributed by atoms with Gasteiger partial charge in [0.05, 0.1) is 43.4 Å². The number of pyridine rings is 1. The van der Waals surface area contributed by atoms with Crippen molar-refractivity contribution in [2.75, 3.05) is 51.3 Å². The number of Topliss-reactive ketones (excluding diaryl/α,β-unsaturated/α-hetero) is 2. The highest BCUT2D eigenvalue weighted by Gasteiger charge is 2.59. The van der Waals surface area contributed by atoms with Crippen LogP contribution in [-0.2, 0) is 28.7 Å². The summed E-state index contributed by atoms with van der Waals surface area (Å²) < 4.78 is 24.7. The van der Waals surface area contributed by atoms with Gasteiger partial charge in [0.1, 0.15) is 41.8 Å². The number of carbonyl (C=O) groups excluding carboxylic acids is 4. The Morgan fingerprint density at radius 2 is 1.73 bits per heavy atom. The molecule has 0 radical (unpaired) electrons. The number of rotatable bonds is 13. The zero-order chi connectivity index (χ0) is 43.7. The van der Waals surface area contributed by atoms with Crippen molar-refractivity contribution < 1.29 is 38.1 Å². The number of ketones is 2. The van der Waals surface area contributed by atoms with E-state index in [1.54, 1.807) is 11.8 Å². The van der Waals surface area contributed by atoms with Gasteiger partial charge in [0.15, 0.2) is 10.9 Å². The lowest BCUT2D eigenvalue weighted by atomic mass is 9.87. The minimum atomic E-state index is -0.771. The van der Waals surface area contributed by atoms with Crippen molar-refractivity contribution >= 4 is 50.8 Å². The molecule has 5 heterocycles. The highest BCUT2D eigenvalue weighted by molar-refractivity contribution is 7.14. The van der Waals surface area contributed by atoms with Crippen molar-refractivity contribution in [3.8, 4) is 22.9 Å². The molecule has 1 N–H and O–H groups in total. The monoisotopic (exact) mass is 883 g/mol. The average Bonchev–Trinajstić information content (AvgIpc) is 3.91. The lowest BCUT2D eigenvalue weighted by Gasteiger charge is -2.29. The molecule has 6 aliphatic rings. The van der Waals surface area contributed by atoms with Gasteiger partial charge in [0.25, 0.3) is 0 Å². The molecule has 1 amide bonds. The van der Waals surface area contributed by atoms with Crippen LogP contribution in [0.1, 0.15) is 111 Å². The summed E-state index contributed by atoms with van der Waals surface area (Å²) in [4.78, 5) is 70.2. The van der Waals surface area contributed by atoms with E-state index in [4.69, 9.17) is 28.9 Å². The Morgan fingerprint density at radius 3 is 2.51 bits per heavy atom. The largest absolute Gasteiger partial charge is 0.492 e. The van der Waals surface area contributed by atoms with Crippen molar-refractivity contribution in [3.63, 3.8) is 0 Å². The fourth-order valence-corrected chi connectivity index (χ4v) is 11.8. The molecule has 14 heteroatoms. The third-order valence-electron chi connectivity index (χ3n) is 14.7. The number of ether oxygens (including phenoxy) is 4. The molecule has 63 heavy (non-hydrogen) atoms. The Kier molecular flexibility index (Phi) is 13.4. The van der Waals surface area contributed by atoms with Gasteiger partial charge < -0.3 is 29.2 Å². The molecule has 8 atom stereocenters. The van der Waals surface area contributed by atoms with E-state index in [1.807, 2.05) is 29.6 Å². The lowest BCUT2D eigenvalue weighted by Crippen LogP contribution is -2.45. The third-order valence-corrected chi connectivity index (χ3v) is 15.5. The first-order chi connectivity index (χ1) is 30.5. The topological polar surface area (TPSA) is 149 Å². The maximum atomic E-state index is 14.9. The first kappa shape index (κ1) is 44.1. The molecule has 1 unspecified atom stereocenters. The van der Waals surface area contributed by atoms with Crippen molar-refractivity contribution in [2.45, 2.75) is 135 Å². The van der Waals surface area contributed by atoms with Crippen LogP contribution in [0.25, 0.3) is 22.3 Å². The minimum absolute atomic E-state index is 0.00353. The van der Waals surface area contributed by atoms with Crippen molar-refractivity contribution in [3.05, 3.63) is 29.6 Å². The number of carbonyl (C=O) groups is 4. The second-order valence-corrected chi connectivity index (χ2v) is 20.5. The first-order valence-corrected chi connectivity index (χ1v) is 24.7. The molecule has 1 aromatic carbocycles. The van der Waals surface area contributed by atoms with Crippen LogP contribution in [0, 0.1) is 29.1 Å². The Morgan fingerprint density at radius 1 is 0.952 bits per heavy atom. The van der Waals surface area contributed by atoms with Gasteiger partial charge in [0, 0.05) is 72.7 Å². The first-order valence-electron chi connectivity index (χ1n) is 23.8. The second-order valence-electron chi connectivity index (χ2n) is 19.6. The smallest absolute Gasteiger partial charge is 0.306 e. The zero-order valence-electron chi connectivity index (χ0n) is 37.3. The highest BCUT2D eigenvalue weighted by atomic mass is 32.1. The van der Waals surface area contributed by atoms with Crippen LogP contribution in [0.3, 0.4) is 0 Å². The Bertz CT molecular complexity index is 2150. The number of anilines is 1. The summed E-state index contributed by atoms with van der Waals surface area (Å²) in [6, 6.07) is 7.17.